The summed E-state index contributed by atoms with van der Waals surface area (Å²) < 4.78 is 17.0. The molecule has 0 unspecified atom stereocenters. The molecule has 0 N–H and O–H groups in total. The number of hydrogen-bond acceptors (Lipinski definition) is 4. The predicted octanol–water partition coefficient (Wildman–Crippen LogP) is 4.08. The van der Waals surface area contributed by atoms with Crippen molar-refractivity contribution in [3.63, 3.8) is 0 Å². The molecule has 2 aromatic carbocycles. The highest BCUT2D eigenvalue weighted by Crippen LogP contribution is 2.28. The van der Waals surface area contributed by atoms with Gasteiger partial charge in [-0.05, 0) is 43.2 Å². The van der Waals surface area contributed by atoms with Crippen LogP contribution in [0.3, 0.4) is 0 Å². The molecule has 0 fully saturated rings. The van der Waals surface area contributed by atoms with Gasteiger partial charge in [0.05, 0.1) is 6.61 Å². The number of allylic oxidation sites excluding steroid dienone is 1. The van der Waals surface area contributed by atoms with Crippen molar-refractivity contribution in [3.05, 3.63) is 66.2 Å². The van der Waals surface area contributed by atoms with Crippen LogP contribution >= 0.6 is 0 Å². The Bertz CT molecular complexity index is 679. The van der Waals surface area contributed by atoms with E-state index >= 15 is 0 Å². The van der Waals surface area contributed by atoms with Gasteiger partial charge in [-0.2, -0.15) is 0 Å². The lowest BCUT2D eigenvalue weighted by Crippen LogP contribution is -2.10. The van der Waals surface area contributed by atoms with Crippen LogP contribution in [0.15, 0.2) is 55.1 Å². The second kappa shape index (κ2) is 9.40. The van der Waals surface area contributed by atoms with Crippen LogP contribution in [-0.4, -0.2) is 26.1 Å². The number of benzene rings is 2. The average Bonchev–Trinajstić information content (AvgIpc) is 2.61. The molecule has 0 amide bonds. The molecule has 0 bridgehead atoms. The molecular weight excluding hydrogens is 304 g/mol. The van der Waals surface area contributed by atoms with E-state index in [4.69, 9.17) is 14.2 Å². The Morgan fingerprint density at radius 3 is 2.42 bits per heavy atom. The molecule has 0 atom stereocenters. The number of rotatable bonds is 10. The molecule has 0 aliphatic heterocycles. The summed E-state index contributed by atoms with van der Waals surface area (Å²) in [6.45, 7) is 6.94. The van der Waals surface area contributed by atoms with Gasteiger partial charge in [-0.15, -0.1) is 6.58 Å². The molecule has 0 aliphatic carbocycles. The minimum Gasteiger partial charge on any atom is -0.490 e. The van der Waals surface area contributed by atoms with Crippen molar-refractivity contribution in [3.8, 4) is 17.2 Å². The van der Waals surface area contributed by atoms with E-state index in [1.54, 1.807) is 18.2 Å². The molecule has 0 saturated carbocycles. The summed E-state index contributed by atoms with van der Waals surface area (Å²) in [5.74, 6) is 2.00. The van der Waals surface area contributed by atoms with E-state index in [-0.39, 0.29) is 0 Å². The Labute approximate surface area is 142 Å². The molecule has 0 radical (unpaired) electrons. The fraction of sp³-hybridized carbons (Fsp3) is 0.250. The van der Waals surface area contributed by atoms with Crippen molar-refractivity contribution in [1.82, 2.24) is 0 Å². The van der Waals surface area contributed by atoms with Crippen LogP contribution < -0.4 is 14.2 Å². The summed E-state index contributed by atoms with van der Waals surface area (Å²) >= 11 is 0. The van der Waals surface area contributed by atoms with E-state index in [0.717, 1.165) is 24.0 Å². The average molecular weight is 326 g/mol. The van der Waals surface area contributed by atoms with E-state index in [1.807, 2.05) is 37.3 Å². The van der Waals surface area contributed by atoms with Gasteiger partial charge in [0.1, 0.15) is 25.2 Å². The molecule has 0 spiro atoms. The zero-order chi connectivity index (χ0) is 17.2. The summed E-state index contributed by atoms with van der Waals surface area (Å²) in [5.41, 5.74) is 1.65. The largest absolute Gasteiger partial charge is 0.490 e. The maximum Gasteiger partial charge on any atom is 0.161 e. The zero-order valence-electron chi connectivity index (χ0n) is 13.9. The minimum atomic E-state index is 0.378. The van der Waals surface area contributed by atoms with Gasteiger partial charge >= 0.3 is 0 Å². The van der Waals surface area contributed by atoms with Gasteiger partial charge in [-0.25, -0.2) is 0 Å². The fourth-order valence-corrected chi connectivity index (χ4v) is 2.26. The Kier molecular flexibility index (Phi) is 6.90. The highest BCUT2D eigenvalue weighted by atomic mass is 16.5. The number of carbonyl (C=O) groups excluding carboxylic acids is 1. The first-order valence-electron chi connectivity index (χ1n) is 7.95. The highest BCUT2D eigenvalue weighted by Gasteiger charge is 2.07. The molecule has 2 aromatic rings. The lowest BCUT2D eigenvalue weighted by atomic mass is 10.1. The lowest BCUT2D eigenvalue weighted by Gasteiger charge is -2.14. The fourth-order valence-electron chi connectivity index (χ4n) is 2.26. The van der Waals surface area contributed by atoms with Gasteiger partial charge in [0.15, 0.2) is 11.5 Å². The Morgan fingerprint density at radius 2 is 1.71 bits per heavy atom. The van der Waals surface area contributed by atoms with E-state index in [9.17, 15) is 4.79 Å². The zero-order valence-corrected chi connectivity index (χ0v) is 13.9. The Morgan fingerprint density at radius 1 is 0.958 bits per heavy atom. The quantitative estimate of drug-likeness (QED) is 0.375. The monoisotopic (exact) mass is 326 g/mol. The van der Waals surface area contributed by atoms with Crippen LogP contribution in [0.5, 0.6) is 17.2 Å². The smallest absolute Gasteiger partial charge is 0.161 e. The molecule has 0 heterocycles. The first-order valence-corrected chi connectivity index (χ1v) is 7.95. The maximum absolute atomic E-state index is 10.9. The van der Waals surface area contributed by atoms with E-state index in [2.05, 4.69) is 6.58 Å². The highest BCUT2D eigenvalue weighted by molar-refractivity contribution is 5.76. The molecule has 0 aromatic heterocycles. The molecule has 0 saturated heterocycles. The second-order valence-electron chi connectivity index (χ2n) is 5.05. The van der Waals surface area contributed by atoms with Crippen LogP contribution in [0.1, 0.15) is 22.8 Å². The SMILES string of the molecule is C=CCc1ccccc1OCCOc1ccc(C=O)cc1OCC. The molecular formula is C20H22O4. The van der Waals surface area contributed by atoms with Crippen LogP contribution in [0.2, 0.25) is 0 Å². The summed E-state index contributed by atoms with van der Waals surface area (Å²) in [6.07, 6.45) is 3.40. The lowest BCUT2D eigenvalue weighted by molar-refractivity contribution is 0.112. The molecule has 2 rings (SSSR count). The van der Waals surface area contributed by atoms with Crippen molar-refractivity contribution >= 4 is 6.29 Å². The minimum absolute atomic E-state index is 0.378. The van der Waals surface area contributed by atoms with E-state index in [1.165, 1.54) is 0 Å². The summed E-state index contributed by atoms with van der Waals surface area (Å²) in [5, 5.41) is 0. The Balaban J connectivity index is 1.92. The van der Waals surface area contributed by atoms with Gasteiger partial charge in [0.2, 0.25) is 0 Å². The van der Waals surface area contributed by atoms with Crippen molar-refractivity contribution in [1.29, 1.82) is 0 Å². The number of carbonyl (C=O) groups is 1. The molecule has 4 heteroatoms. The van der Waals surface area contributed by atoms with Crippen LogP contribution in [-0.2, 0) is 6.42 Å². The summed E-state index contributed by atoms with van der Waals surface area (Å²) in [4.78, 5) is 10.9. The van der Waals surface area contributed by atoms with Gasteiger partial charge in [-0.1, -0.05) is 24.3 Å². The third-order valence-electron chi connectivity index (χ3n) is 3.34. The van der Waals surface area contributed by atoms with Gasteiger partial charge in [0, 0.05) is 5.56 Å². The van der Waals surface area contributed by atoms with Crippen LogP contribution in [0.4, 0.5) is 0 Å². The number of ether oxygens (including phenoxy) is 3. The van der Waals surface area contributed by atoms with Crippen molar-refractivity contribution in [2.24, 2.45) is 0 Å². The Hall–Kier alpha value is -2.75. The topological polar surface area (TPSA) is 44.8 Å². The van der Waals surface area contributed by atoms with Gasteiger partial charge < -0.3 is 14.2 Å². The molecule has 126 valence electrons. The summed E-state index contributed by atoms with van der Waals surface area (Å²) in [6, 6.07) is 13.0. The van der Waals surface area contributed by atoms with E-state index in [0.29, 0.717) is 36.9 Å². The third-order valence-corrected chi connectivity index (χ3v) is 3.34. The van der Waals surface area contributed by atoms with Crippen LogP contribution in [0.25, 0.3) is 0 Å². The first kappa shape index (κ1) is 17.6. The standard InChI is InChI=1S/C20H22O4/c1-3-7-17-8-5-6-9-18(17)23-12-13-24-19-11-10-16(15-21)14-20(19)22-4-2/h3,5-6,8-11,14-15H,1,4,7,12-13H2,2H3. The maximum atomic E-state index is 10.9. The van der Waals surface area contributed by atoms with Gasteiger partial charge in [-0.3, -0.25) is 4.79 Å². The normalized spacial score (nSPS) is 10.0. The number of aldehydes is 1. The molecule has 24 heavy (non-hydrogen) atoms. The number of hydrogen-bond donors (Lipinski definition) is 0. The van der Waals surface area contributed by atoms with Crippen molar-refractivity contribution < 1.29 is 19.0 Å². The second-order valence-corrected chi connectivity index (χ2v) is 5.05. The van der Waals surface area contributed by atoms with Crippen molar-refractivity contribution in [2.45, 2.75) is 13.3 Å². The molecule has 4 nitrogen and oxygen atoms in total. The van der Waals surface area contributed by atoms with E-state index < -0.39 is 0 Å². The van der Waals surface area contributed by atoms with Gasteiger partial charge in [0.25, 0.3) is 0 Å². The molecule has 0 aliphatic rings. The predicted molar refractivity (Wildman–Crippen MR) is 94.3 cm³/mol. The first-order chi connectivity index (χ1) is 11.8. The van der Waals surface area contributed by atoms with Crippen LogP contribution in [0, 0.1) is 0 Å². The third kappa shape index (κ3) is 4.88. The summed E-state index contributed by atoms with van der Waals surface area (Å²) in [7, 11) is 0. The van der Waals surface area contributed by atoms with Crippen molar-refractivity contribution in [2.75, 3.05) is 19.8 Å². The number of para-hydroxylation sites is 1.